The molecule has 0 spiro atoms. The van der Waals surface area contributed by atoms with E-state index in [0.29, 0.717) is 30.1 Å². The Balaban J connectivity index is 1.37. The molecule has 0 radical (unpaired) electrons. The van der Waals surface area contributed by atoms with Gasteiger partial charge in [0.25, 0.3) is 0 Å². The molecule has 186 valence electrons. The highest BCUT2D eigenvalue weighted by molar-refractivity contribution is 7.89. The molecule has 35 heavy (non-hydrogen) atoms. The maximum atomic E-state index is 13.3. The summed E-state index contributed by atoms with van der Waals surface area (Å²) in [5.41, 5.74) is 3.19. The van der Waals surface area contributed by atoms with E-state index >= 15 is 0 Å². The van der Waals surface area contributed by atoms with Gasteiger partial charge in [0.15, 0.2) is 0 Å². The first-order valence-corrected chi connectivity index (χ1v) is 13.0. The van der Waals surface area contributed by atoms with Gasteiger partial charge in [-0.3, -0.25) is 15.0 Å². The van der Waals surface area contributed by atoms with Crippen LogP contribution in [0.1, 0.15) is 35.7 Å². The number of piperidine rings is 1. The Bertz CT molecular complexity index is 1280. The van der Waals surface area contributed by atoms with Crippen molar-refractivity contribution in [2.24, 2.45) is 0 Å². The Morgan fingerprint density at radius 2 is 1.89 bits per heavy atom. The fraction of sp³-hybridized carbons (Fsp3) is 0.360. The van der Waals surface area contributed by atoms with Crippen molar-refractivity contribution in [3.8, 4) is 0 Å². The Hall–Kier alpha value is -2.92. The number of amides is 1. The largest absolute Gasteiger partial charge is 0.373 e. The fourth-order valence-corrected chi connectivity index (χ4v) is 6.11. The molecule has 1 saturated heterocycles. The molecule has 0 aliphatic carbocycles. The van der Waals surface area contributed by atoms with Gasteiger partial charge in [-0.25, -0.2) is 22.2 Å². The summed E-state index contributed by atoms with van der Waals surface area (Å²) in [6.07, 6.45) is 1.11. The predicted octanol–water partition coefficient (Wildman–Crippen LogP) is 3.58. The topological polar surface area (TPSA) is 100 Å². The van der Waals surface area contributed by atoms with E-state index in [-0.39, 0.29) is 25.6 Å². The Labute approximate surface area is 204 Å². The Morgan fingerprint density at radius 1 is 1.20 bits per heavy atom. The molecule has 1 amide bonds. The maximum Gasteiger partial charge on any atom is 0.233 e. The van der Waals surface area contributed by atoms with Gasteiger partial charge in [0, 0.05) is 24.2 Å². The molecular formula is C25H28FN3O5S. The number of sulfonamides is 1. The van der Waals surface area contributed by atoms with Crippen LogP contribution in [0, 0.1) is 12.7 Å². The van der Waals surface area contributed by atoms with Crippen molar-refractivity contribution in [3.05, 3.63) is 77.2 Å². The average molecular weight is 502 g/mol. The number of hydrogen-bond acceptors (Lipinski definition) is 6. The van der Waals surface area contributed by atoms with Crippen LogP contribution in [-0.2, 0) is 26.2 Å². The van der Waals surface area contributed by atoms with E-state index in [1.54, 1.807) is 0 Å². The van der Waals surface area contributed by atoms with Crippen LogP contribution in [0.5, 0.6) is 0 Å². The van der Waals surface area contributed by atoms with Crippen molar-refractivity contribution in [3.63, 3.8) is 0 Å². The molecule has 1 aromatic heterocycles. The number of ether oxygens (including phenoxy) is 1. The number of halogens is 1. The average Bonchev–Trinajstić information content (AvgIpc) is 2.86. The number of carbonyl (C=O) groups excluding carboxylic acids is 1. The van der Waals surface area contributed by atoms with E-state index in [4.69, 9.17) is 4.74 Å². The molecule has 3 aromatic rings. The third-order valence-corrected chi connectivity index (χ3v) is 8.14. The number of nitrogens with zero attached hydrogens (tertiary/aromatic N) is 3. The van der Waals surface area contributed by atoms with Crippen molar-refractivity contribution in [1.29, 1.82) is 0 Å². The highest BCUT2D eigenvalue weighted by atomic mass is 32.2. The van der Waals surface area contributed by atoms with Crippen LogP contribution < -0.4 is 0 Å². The quantitative estimate of drug-likeness (QED) is 0.273. The van der Waals surface area contributed by atoms with E-state index in [0.717, 1.165) is 34.3 Å². The smallest absolute Gasteiger partial charge is 0.233 e. The molecule has 1 aliphatic heterocycles. The van der Waals surface area contributed by atoms with Crippen LogP contribution >= 0.6 is 0 Å². The zero-order valence-electron chi connectivity index (χ0n) is 19.4. The molecule has 4 rings (SSSR count). The molecular weight excluding hydrogens is 473 g/mol. The third-order valence-electron chi connectivity index (χ3n) is 6.25. The lowest BCUT2D eigenvalue weighted by Crippen LogP contribution is -2.44. The number of rotatable bonds is 9. The highest BCUT2D eigenvalue weighted by Crippen LogP contribution is 2.26. The zero-order valence-corrected chi connectivity index (χ0v) is 20.2. The van der Waals surface area contributed by atoms with Gasteiger partial charge in [-0.2, -0.15) is 0 Å². The summed E-state index contributed by atoms with van der Waals surface area (Å²) in [6, 6.07) is 13.8. The lowest BCUT2D eigenvalue weighted by atomic mass is 10.1. The van der Waals surface area contributed by atoms with Gasteiger partial charge in [-0.05, 0) is 55.2 Å². The van der Waals surface area contributed by atoms with Gasteiger partial charge >= 0.3 is 0 Å². The van der Waals surface area contributed by atoms with Crippen LogP contribution in [0.25, 0.3) is 10.9 Å². The number of para-hydroxylation sites is 1. The summed E-state index contributed by atoms with van der Waals surface area (Å²) in [5, 5.41) is 11.3. The van der Waals surface area contributed by atoms with Crippen LogP contribution in [0.4, 0.5) is 4.39 Å². The van der Waals surface area contributed by atoms with Crippen molar-refractivity contribution >= 4 is 27.3 Å². The molecule has 10 heteroatoms. The molecule has 2 aromatic carbocycles. The second-order valence-corrected chi connectivity index (χ2v) is 10.7. The molecule has 1 aliphatic rings. The number of aromatic nitrogens is 1. The molecule has 1 atom stereocenters. The number of carbonyl (C=O) groups is 1. The number of hydrogen-bond donors (Lipinski definition) is 1. The predicted molar refractivity (Wildman–Crippen MR) is 128 cm³/mol. The number of hydroxylamine groups is 2. The zero-order chi connectivity index (χ0) is 25.0. The number of benzene rings is 2. The molecule has 2 heterocycles. The summed E-state index contributed by atoms with van der Waals surface area (Å²) in [6.45, 7) is 2.89. The van der Waals surface area contributed by atoms with Gasteiger partial charge in [0.05, 0.1) is 30.0 Å². The molecule has 1 unspecified atom stereocenters. The normalized spacial score (nSPS) is 16.3. The standard InChI is InChI=1S/C25H28FN3O5S/c1-18-14-20(23-4-2-3-5-24(23)27-18)15-34-22-10-12-28(13-11-22)35(32,33)16-25(29(31)17-30)19-6-8-21(26)9-7-19/h2-9,14,17,22,25,31H,10-13,15-16H2,1H3. The molecule has 0 bridgehead atoms. The molecule has 0 saturated carbocycles. The van der Waals surface area contributed by atoms with Gasteiger partial charge < -0.3 is 4.74 Å². The van der Waals surface area contributed by atoms with Crippen LogP contribution in [0.2, 0.25) is 0 Å². The summed E-state index contributed by atoms with van der Waals surface area (Å²) >= 11 is 0. The summed E-state index contributed by atoms with van der Waals surface area (Å²) in [4.78, 5) is 15.7. The second kappa shape index (κ2) is 10.8. The summed E-state index contributed by atoms with van der Waals surface area (Å²) in [5.74, 6) is -1.01. The van der Waals surface area contributed by atoms with Crippen molar-refractivity contribution in [2.75, 3.05) is 18.8 Å². The van der Waals surface area contributed by atoms with Crippen LogP contribution in [0.15, 0.2) is 54.6 Å². The lowest BCUT2D eigenvalue weighted by Gasteiger charge is -2.33. The number of aryl methyl sites for hydroxylation is 1. The van der Waals surface area contributed by atoms with Crippen molar-refractivity contribution < 1.29 is 27.5 Å². The monoisotopic (exact) mass is 501 g/mol. The first-order chi connectivity index (χ1) is 16.8. The second-order valence-electron chi connectivity index (χ2n) is 8.68. The molecule has 1 N–H and O–H groups in total. The van der Waals surface area contributed by atoms with Gasteiger partial charge in [0.1, 0.15) is 5.82 Å². The third kappa shape index (κ3) is 6.02. The van der Waals surface area contributed by atoms with E-state index in [1.165, 1.54) is 16.4 Å². The lowest BCUT2D eigenvalue weighted by molar-refractivity contribution is -0.159. The van der Waals surface area contributed by atoms with E-state index in [1.807, 2.05) is 37.3 Å². The van der Waals surface area contributed by atoms with Crippen LogP contribution in [-0.4, -0.2) is 59.3 Å². The van der Waals surface area contributed by atoms with Gasteiger partial charge in [-0.15, -0.1) is 0 Å². The maximum absolute atomic E-state index is 13.3. The first-order valence-electron chi connectivity index (χ1n) is 11.4. The van der Waals surface area contributed by atoms with E-state index in [9.17, 15) is 22.8 Å². The summed E-state index contributed by atoms with van der Waals surface area (Å²) < 4.78 is 46.9. The summed E-state index contributed by atoms with van der Waals surface area (Å²) in [7, 11) is -3.81. The Morgan fingerprint density at radius 3 is 2.57 bits per heavy atom. The van der Waals surface area contributed by atoms with Gasteiger partial charge in [-0.1, -0.05) is 30.3 Å². The van der Waals surface area contributed by atoms with Gasteiger partial charge in [0.2, 0.25) is 16.4 Å². The van der Waals surface area contributed by atoms with Crippen molar-refractivity contribution in [2.45, 2.75) is 38.5 Å². The number of pyridine rings is 1. The minimum Gasteiger partial charge on any atom is -0.373 e. The first kappa shape index (κ1) is 25.2. The van der Waals surface area contributed by atoms with Crippen LogP contribution in [0.3, 0.4) is 0 Å². The Kier molecular flexibility index (Phi) is 7.75. The van der Waals surface area contributed by atoms with Crippen molar-refractivity contribution in [1.82, 2.24) is 14.4 Å². The highest BCUT2D eigenvalue weighted by Gasteiger charge is 2.33. The SMILES string of the molecule is Cc1cc(COC2CCN(S(=O)(=O)CC(c3ccc(F)cc3)N(O)C=O)CC2)c2ccccc2n1. The fourth-order valence-electron chi connectivity index (χ4n) is 4.39. The number of fused-ring (bicyclic) bond motifs is 1. The molecule has 8 nitrogen and oxygen atoms in total. The minimum absolute atomic E-state index is 0.0918. The molecule has 1 fully saturated rings. The van der Waals surface area contributed by atoms with E-state index < -0.39 is 27.6 Å². The minimum atomic E-state index is -3.81. The van der Waals surface area contributed by atoms with E-state index in [2.05, 4.69) is 4.98 Å².